The van der Waals surface area contributed by atoms with Gasteiger partial charge in [-0.15, -0.1) is 0 Å². The van der Waals surface area contributed by atoms with E-state index in [2.05, 4.69) is 22.8 Å². The summed E-state index contributed by atoms with van der Waals surface area (Å²) in [6, 6.07) is 11.6. The number of rotatable bonds is 15. The van der Waals surface area contributed by atoms with Crippen LogP contribution in [0.4, 0.5) is 0 Å². The van der Waals surface area contributed by atoms with Gasteiger partial charge in [0.05, 0.1) is 37.6 Å². The van der Waals surface area contributed by atoms with E-state index < -0.39 is 24.4 Å². The zero-order valence-corrected chi connectivity index (χ0v) is 24.7. The van der Waals surface area contributed by atoms with Gasteiger partial charge in [0, 0.05) is 37.1 Å². The number of aliphatic hydroxyl groups is 6. The van der Waals surface area contributed by atoms with Gasteiger partial charge in [0.2, 0.25) is 0 Å². The Bertz CT molecular complexity index is 1050. The van der Waals surface area contributed by atoms with Gasteiger partial charge in [0.15, 0.2) is 0 Å². The van der Waals surface area contributed by atoms with E-state index >= 15 is 0 Å². The summed E-state index contributed by atoms with van der Waals surface area (Å²) in [5.41, 5.74) is 4.21. The Morgan fingerprint density at radius 3 is 1.40 bits per heavy atom. The third-order valence-electron chi connectivity index (χ3n) is 8.90. The summed E-state index contributed by atoms with van der Waals surface area (Å²) in [5, 5.41) is 65.6. The lowest BCUT2D eigenvalue weighted by atomic mass is 9.95. The maximum atomic E-state index is 10.2. The summed E-state index contributed by atoms with van der Waals surface area (Å²) in [5.74, 6) is 1.03. The van der Waals surface area contributed by atoms with E-state index in [0.29, 0.717) is 39.1 Å². The fraction of sp³-hybridized carbons (Fsp3) is 0.625. The van der Waals surface area contributed by atoms with Crippen molar-refractivity contribution in [2.45, 2.75) is 76.0 Å². The summed E-state index contributed by atoms with van der Waals surface area (Å²) in [6.45, 7) is 6.09. The number of ether oxygens (including phenoxy) is 2. The van der Waals surface area contributed by atoms with E-state index in [9.17, 15) is 30.6 Å². The van der Waals surface area contributed by atoms with Crippen LogP contribution in [-0.4, -0.2) is 107 Å². The molecule has 2 saturated carbocycles. The molecular formula is C32H48N2O8. The number of benzene rings is 2. The lowest BCUT2D eigenvalue weighted by Crippen LogP contribution is -2.40. The van der Waals surface area contributed by atoms with E-state index in [1.165, 1.54) is 0 Å². The first-order valence-corrected chi connectivity index (χ1v) is 15.1. The number of aliphatic hydroxyl groups excluding tert-OH is 6. The van der Waals surface area contributed by atoms with Crippen LogP contribution in [0.15, 0.2) is 36.4 Å². The van der Waals surface area contributed by atoms with Gasteiger partial charge in [-0.1, -0.05) is 24.3 Å². The van der Waals surface area contributed by atoms with E-state index in [-0.39, 0.29) is 37.1 Å². The fourth-order valence-corrected chi connectivity index (χ4v) is 6.23. The van der Waals surface area contributed by atoms with Crippen LogP contribution >= 0.6 is 0 Å². The average molecular weight is 589 g/mol. The Morgan fingerprint density at radius 2 is 1.05 bits per heavy atom. The topological polar surface area (TPSA) is 164 Å². The van der Waals surface area contributed by atoms with E-state index in [0.717, 1.165) is 46.6 Å². The lowest BCUT2D eigenvalue weighted by molar-refractivity contribution is -0.000253. The first kappa shape index (κ1) is 32.6. The predicted octanol–water partition coefficient (Wildman–Crippen LogP) is 0.893. The minimum absolute atomic E-state index is 0.132. The van der Waals surface area contributed by atoms with Crippen molar-refractivity contribution in [3.63, 3.8) is 0 Å². The Kier molecular flexibility index (Phi) is 12.0. The molecule has 0 saturated heterocycles. The highest BCUT2D eigenvalue weighted by Gasteiger charge is 2.41. The molecule has 2 aromatic rings. The highest BCUT2D eigenvalue weighted by molar-refractivity contribution is 5.74. The van der Waals surface area contributed by atoms with Crippen molar-refractivity contribution in [3.8, 4) is 22.6 Å². The molecule has 0 unspecified atom stereocenters. The molecule has 2 aliphatic carbocycles. The van der Waals surface area contributed by atoms with Crippen LogP contribution in [0, 0.1) is 25.7 Å². The summed E-state index contributed by atoms with van der Waals surface area (Å²) in [7, 11) is 0. The van der Waals surface area contributed by atoms with Crippen LogP contribution in [0.1, 0.15) is 36.8 Å². The van der Waals surface area contributed by atoms with Gasteiger partial charge in [-0.25, -0.2) is 0 Å². The summed E-state index contributed by atoms with van der Waals surface area (Å²) >= 11 is 0. The van der Waals surface area contributed by atoms with Gasteiger partial charge >= 0.3 is 0 Å². The van der Waals surface area contributed by atoms with E-state index in [1.807, 2.05) is 38.1 Å². The second kappa shape index (κ2) is 15.4. The van der Waals surface area contributed by atoms with Crippen LogP contribution in [0.2, 0.25) is 0 Å². The maximum Gasteiger partial charge on any atom is 0.122 e. The Labute approximate surface area is 248 Å². The molecule has 8 atom stereocenters. The van der Waals surface area contributed by atoms with Gasteiger partial charge in [-0.05, 0) is 87.0 Å². The molecule has 2 fully saturated rings. The second-order valence-corrected chi connectivity index (χ2v) is 11.7. The maximum absolute atomic E-state index is 10.2. The third-order valence-corrected chi connectivity index (χ3v) is 8.90. The van der Waals surface area contributed by atoms with Crippen molar-refractivity contribution < 1.29 is 40.1 Å². The first-order valence-electron chi connectivity index (χ1n) is 15.1. The molecule has 0 spiro atoms. The Hall–Kier alpha value is -2.28. The molecule has 0 bridgehead atoms. The van der Waals surface area contributed by atoms with Crippen molar-refractivity contribution in [1.29, 1.82) is 0 Å². The normalized spacial score (nSPS) is 29.2. The van der Waals surface area contributed by atoms with Crippen LogP contribution in [0.5, 0.6) is 11.5 Å². The van der Waals surface area contributed by atoms with Gasteiger partial charge < -0.3 is 50.7 Å². The first-order chi connectivity index (χ1) is 20.3. The number of hydrogen-bond acceptors (Lipinski definition) is 10. The molecular weight excluding hydrogens is 540 g/mol. The molecule has 0 heterocycles. The van der Waals surface area contributed by atoms with Crippen molar-refractivity contribution in [1.82, 2.24) is 10.6 Å². The minimum atomic E-state index is -0.896. The van der Waals surface area contributed by atoms with Crippen molar-refractivity contribution in [2.75, 3.05) is 39.5 Å². The van der Waals surface area contributed by atoms with Gasteiger partial charge in [-0.3, -0.25) is 0 Å². The zero-order valence-electron chi connectivity index (χ0n) is 24.7. The summed E-state index contributed by atoms with van der Waals surface area (Å²) in [4.78, 5) is 0. The van der Waals surface area contributed by atoms with Crippen LogP contribution in [0.3, 0.4) is 0 Å². The second-order valence-electron chi connectivity index (χ2n) is 11.7. The molecule has 0 amide bonds. The van der Waals surface area contributed by atoms with E-state index in [1.54, 1.807) is 0 Å². The minimum Gasteiger partial charge on any atom is -0.493 e. The quantitative estimate of drug-likeness (QED) is 0.140. The Morgan fingerprint density at radius 1 is 0.643 bits per heavy atom. The molecule has 42 heavy (non-hydrogen) atoms. The summed E-state index contributed by atoms with van der Waals surface area (Å²) in [6.07, 6.45) is -0.994. The molecule has 0 aliphatic heterocycles. The molecule has 4 rings (SSSR count). The fourth-order valence-electron chi connectivity index (χ4n) is 6.23. The molecule has 2 aliphatic rings. The van der Waals surface area contributed by atoms with Crippen molar-refractivity contribution >= 4 is 0 Å². The molecule has 0 radical (unpaired) electrons. The Balaban J connectivity index is 1.25. The van der Waals surface area contributed by atoms with Crippen molar-refractivity contribution in [3.05, 3.63) is 47.5 Å². The highest BCUT2D eigenvalue weighted by Crippen LogP contribution is 2.35. The molecule has 2 aromatic carbocycles. The summed E-state index contributed by atoms with van der Waals surface area (Å²) < 4.78 is 12.2. The van der Waals surface area contributed by atoms with E-state index in [4.69, 9.17) is 9.47 Å². The molecule has 10 nitrogen and oxygen atoms in total. The van der Waals surface area contributed by atoms with Gasteiger partial charge in [0.25, 0.3) is 0 Å². The van der Waals surface area contributed by atoms with Gasteiger partial charge in [-0.2, -0.15) is 0 Å². The van der Waals surface area contributed by atoms with Crippen molar-refractivity contribution in [2.24, 2.45) is 11.8 Å². The highest BCUT2D eigenvalue weighted by atomic mass is 16.5. The smallest absolute Gasteiger partial charge is 0.122 e. The SMILES string of the molecule is Cc1c(OCCCN[C@@H]2C[C@H](CO)[C@@H](O)[C@H]2O)cccc1-c1cccc(OCCCN[C@@H]2C[C@H](CO)[C@@H](O)[C@H]2O)c1C. The predicted molar refractivity (Wildman–Crippen MR) is 160 cm³/mol. The van der Waals surface area contributed by atoms with Crippen LogP contribution in [-0.2, 0) is 0 Å². The average Bonchev–Trinajstić information content (AvgIpc) is 3.43. The largest absolute Gasteiger partial charge is 0.493 e. The van der Waals surface area contributed by atoms with Crippen LogP contribution in [0.25, 0.3) is 11.1 Å². The lowest BCUT2D eigenvalue weighted by Gasteiger charge is -2.19. The van der Waals surface area contributed by atoms with Gasteiger partial charge in [0.1, 0.15) is 11.5 Å². The number of hydrogen-bond donors (Lipinski definition) is 8. The third kappa shape index (κ3) is 7.62. The molecule has 8 N–H and O–H groups in total. The van der Waals surface area contributed by atoms with Crippen LogP contribution < -0.4 is 20.1 Å². The molecule has 10 heteroatoms. The monoisotopic (exact) mass is 588 g/mol. The number of nitrogens with one attached hydrogen (secondary N) is 2. The standard InChI is InChI=1S/C32H48N2O8/c1-19-23(7-3-9-27(19)41-13-5-11-33-25-15-21(17-35)29(37)31(25)39)24-8-4-10-28(20(24)2)42-14-6-12-34-26-16-22(18-36)30(38)32(26)40/h3-4,7-10,21-22,25-26,29-40H,5-6,11-18H2,1-2H3/t21-,22-,25-,26-,29-,30-,31+,32+/m1/s1. The molecule has 234 valence electrons. The zero-order chi connectivity index (χ0) is 30.2. The molecule has 0 aromatic heterocycles.